The Hall–Kier alpha value is -3.54. The van der Waals surface area contributed by atoms with Gasteiger partial charge in [-0.2, -0.15) is 5.10 Å². The van der Waals surface area contributed by atoms with E-state index in [0.717, 1.165) is 39.0 Å². The summed E-state index contributed by atoms with van der Waals surface area (Å²) in [5.41, 5.74) is 5.55. The Labute approximate surface area is 156 Å². The molecule has 0 saturated carbocycles. The number of ether oxygens (including phenoxy) is 1. The molecule has 2 aromatic heterocycles. The van der Waals surface area contributed by atoms with Crippen LogP contribution in [0.5, 0.6) is 5.75 Å². The highest BCUT2D eigenvalue weighted by atomic mass is 16.5. The molecule has 4 aromatic rings. The van der Waals surface area contributed by atoms with E-state index in [2.05, 4.69) is 20.5 Å². The minimum absolute atomic E-state index is 0.143. The number of hydrogen-bond acceptors (Lipinski definition) is 3. The Morgan fingerprint density at radius 1 is 1.19 bits per heavy atom. The van der Waals surface area contributed by atoms with E-state index in [1.807, 2.05) is 55.5 Å². The fraction of sp³-hybridized carbons (Fsp3) is 0.143. The van der Waals surface area contributed by atoms with Gasteiger partial charge in [-0.3, -0.25) is 9.89 Å². The topological polar surface area (TPSA) is 82.8 Å². The zero-order valence-corrected chi connectivity index (χ0v) is 15.2. The zero-order chi connectivity index (χ0) is 18.8. The Bertz CT molecular complexity index is 1110. The number of H-pyrrole nitrogens is 2. The van der Waals surface area contributed by atoms with Gasteiger partial charge in [0, 0.05) is 28.7 Å². The Kier molecular flexibility index (Phi) is 4.38. The third-order valence-electron chi connectivity index (χ3n) is 4.60. The number of fused-ring (bicyclic) bond motifs is 1. The molecule has 0 spiro atoms. The van der Waals surface area contributed by atoms with Gasteiger partial charge in [-0.15, -0.1) is 0 Å². The molecule has 0 aliphatic rings. The zero-order valence-electron chi connectivity index (χ0n) is 15.2. The number of aromatic nitrogens is 3. The molecule has 4 rings (SSSR count). The molecule has 0 bridgehead atoms. The predicted molar refractivity (Wildman–Crippen MR) is 105 cm³/mol. The quantitative estimate of drug-likeness (QED) is 0.506. The van der Waals surface area contributed by atoms with Crippen molar-refractivity contribution in [3.63, 3.8) is 0 Å². The van der Waals surface area contributed by atoms with Crippen molar-refractivity contribution in [3.05, 3.63) is 71.7 Å². The fourth-order valence-electron chi connectivity index (χ4n) is 3.12. The molecule has 136 valence electrons. The number of carbonyl (C=O) groups excluding carboxylic acids is 1. The summed E-state index contributed by atoms with van der Waals surface area (Å²) in [6.07, 6.45) is 1.81. The van der Waals surface area contributed by atoms with Crippen molar-refractivity contribution < 1.29 is 9.53 Å². The van der Waals surface area contributed by atoms with E-state index in [0.29, 0.717) is 12.2 Å². The third kappa shape index (κ3) is 3.42. The van der Waals surface area contributed by atoms with E-state index in [-0.39, 0.29) is 5.91 Å². The van der Waals surface area contributed by atoms with Crippen LogP contribution in [0.1, 0.15) is 21.7 Å². The van der Waals surface area contributed by atoms with Crippen LogP contribution in [0.3, 0.4) is 0 Å². The molecule has 0 unspecified atom stereocenters. The van der Waals surface area contributed by atoms with Crippen molar-refractivity contribution in [3.8, 4) is 16.9 Å². The van der Waals surface area contributed by atoms with Crippen molar-refractivity contribution in [2.75, 3.05) is 7.11 Å². The van der Waals surface area contributed by atoms with Gasteiger partial charge in [0.25, 0.3) is 5.91 Å². The summed E-state index contributed by atoms with van der Waals surface area (Å²) >= 11 is 0. The van der Waals surface area contributed by atoms with Gasteiger partial charge in [0.05, 0.1) is 13.3 Å². The molecule has 2 heterocycles. The Morgan fingerprint density at radius 2 is 2.07 bits per heavy atom. The second-order valence-electron chi connectivity index (χ2n) is 6.43. The molecule has 0 saturated heterocycles. The number of carbonyl (C=O) groups is 1. The van der Waals surface area contributed by atoms with Crippen LogP contribution in [-0.4, -0.2) is 28.2 Å². The van der Waals surface area contributed by atoms with E-state index >= 15 is 0 Å². The SMILES string of the molecule is COc1cccc(CNC(=O)c2cc3ccc(-c4cn[nH]c4C)cc3[nH]2)c1. The second-order valence-corrected chi connectivity index (χ2v) is 6.43. The molecule has 3 N–H and O–H groups in total. The first-order chi connectivity index (χ1) is 13.1. The van der Waals surface area contributed by atoms with Gasteiger partial charge in [-0.25, -0.2) is 0 Å². The third-order valence-corrected chi connectivity index (χ3v) is 4.60. The molecule has 2 aromatic carbocycles. The highest BCUT2D eigenvalue weighted by Crippen LogP contribution is 2.26. The van der Waals surface area contributed by atoms with Gasteiger partial charge in [0.15, 0.2) is 0 Å². The van der Waals surface area contributed by atoms with Crippen LogP contribution in [-0.2, 0) is 6.54 Å². The number of methoxy groups -OCH3 is 1. The Morgan fingerprint density at radius 3 is 2.85 bits per heavy atom. The number of nitrogens with one attached hydrogen (secondary N) is 3. The number of aromatic amines is 2. The van der Waals surface area contributed by atoms with Crippen LogP contribution in [0, 0.1) is 6.92 Å². The monoisotopic (exact) mass is 360 g/mol. The van der Waals surface area contributed by atoms with Crippen molar-refractivity contribution in [2.24, 2.45) is 0 Å². The summed E-state index contributed by atoms with van der Waals surface area (Å²) in [4.78, 5) is 15.7. The molecule has 0 aliphatic heterocycles. The van der Waals surface area contributed by atoms with Gasteiger partial charge >= 0.3 is 0 Å². The van der Waals surface area contributed by atoms with Crippen molar-refractivity contribution in [1.29, 1.82) is 0 Å². The lowest BCUT2D eigenvalue weighted by atomic mass is 10.1. The smallest absolute Gasteiger partial charge is 0.267 e. The number of aryl methyl sites for hydroxylation is 1. The molecule has 0 atom stereocenters. The minimum atomic E-state index is -0.143. The number of benzene rings is 2. The summed E-state index contributed by atoms with van der Waals surface area (Å²) in [6, 6.07) is 15.6. The summed E-state index contributed by atoms with van der Waals surface area (Å²) in [5.74, 6) is 0.629. The molecule has 0 fully saturated rings. The molecule has 6 nitrogen and oxygen atoms in total. The molecule has 0 aliphatic carbocycles. The van der Waals surface area contributed by atoms with Gasteiger partial charge in [-0.1, -0.05) is 24.3 Å². The van der Waals surface area contributed by atoms with E-state index < -0.39 is 0 Å². The van der Waals surface area contributed by atoms with Gasteiger partial charge < -0.3 is 15.0 Å². The number of amides is 1. The van der Waals surface area contributed by atoms with Crippen molar-refractivity contribution in [1.82, 2.24) is 20.5 Å². The lowest BCUT2D eigenvalue weighted by Crippen LogP contribution is -2.23. The summed E-state index contributed by atoms with van der Waals surface area (Å²) in [5, 5.41) is 10.9. The summed E-state index contributed by atoms with van der Waals surface area (Å²) < 4.78 is 5.21. The van der Waals surface area contributed by atoms with E-state index in [1.165, 1.54) is 0 Å². The van der Waals surface area contributed by atoms with E-state index in [4.69, 9.17) is 4.74 Å². The van der Waals surface area contributed by atoms with Crippen LogP contribution in [0.4, 0.5) is 0 Å². The van der Waals surface area contributed by atoms with Crippen molar-refractivity contribution >= 4 is 16.8 Å². The maximum absolute atomic E-state index is 12.5. The molecule has 0 radical (unpaired) electrons. The predicted octanol–water partition coefficient (Wildman–Crippen LogP) is 3.81. The normalized spacial score (nSPS) is 10.9. The average Bonchev–Trinajstić information content (AvgIpc) is 3.31. The first-order valence-corrected chi connectivity index (χ1v) is 8.68. The van der Waals surface area contributed by atoms with Crippen LogP contribution in [0.25, 0.3) is 22.0 Å². The second kappa shape index (κ2) is 6.99. The molecular weight excluding hydrogens is 340 g/mol. The van der Waals surface area contributed by atoms with Gasteiger partial charge in [0.2, 0.25) is 0 Å². The number of hydrogen-bond donors (Lipinski definition) is 3. The average molecular weight is 360 g/mol. The molecule has 6 heteroatoms. The molecule has 1 amide bonds. The van der Waals surface area contributed by atoms with E-state index in [9.17, 15) is 4.79 Å². The Balaban J connectivity index is 1.53. The minimum Gasteiger partial charge on any atom is -0.497 e. The van der Waals surface area contributed by atoms with E-state index in [1.54, 1.807) is 13.3 Å². The highest BCUT2D eigenvalue weighted by molar-refractivity contribution is 5.98. The first-order valence-electron chi connectivity index (χ1n) is 8.68. The van der Waals surface area contributed by atoms with Gasteiger partial charge in [-0.05, 0) is 42.3 Å². The maximum atomic E-state index is 12.5. The van der Waals surface area contributed by atoms with Crippen molar-refractivity contribution in [2.45, 2.75) is 13.5 Å². The largest absolute Gasteiger partial charge is 0.497 e. The lowest BCUT2D eigenvalue weighted by Gasteiger charge is -2.06. The van der Waals surface area contributed by atoms with Crippen LogP contribution >= 0.6 is 0 Å². The number of rotatable bonds is 5. The summed E-state index contributed by atoms with van der Waals surface area (Å²) in [7, 11) is 1.63. The molecular formula is C21H20N4O2. The summed E-state index contributed by atoms with van der Waals surface area (Å²) in [6.45, 7) is 2.42. The van der Waals surface area contributed by atoms with Crippen LogP contribution < -0.4 is 10.1 Å². The molecule has 27 heavy (non-hydrogen) atoms. The first kappa shape index (κ1) is 16.9. The highest BCUT2D eigenvalue weighted by Gasteiger charge is 2.11. The van der Waals surface area contributed by atoms with Gasteiger partial charge in [0.1, 0.15) is 11.4 Å². The lowest BCUT2D eigenvalue weighted by molar-refractivity contribution is 0.0946. The fourth-order valence-corrected chi connectivity index (χ4v) is 3.12. The maximum Gasteiger partial charge on any atom is 0.267 e. The van der Waals surface area contributed by atoms with Crippen LogP contribution in [0.2, 0.25) is 0 Å². The van der Waals surface area contributed by atoms with Crippen LogP contribution in [0.15, 0.2) is 54.7 Å². The standard InChI is InChI=1S/C21H20N4O2/c1-13-18(12-23-25-13)15-6-7-16-10-20(24-19(16)9-15)21(26)22-11-14-4-3-5-17(8-14)27-2/h3-10,12,24H,11H2,1-2H3,(H,22,26)(H,23,25). The number of nitrogens with zero attached hydrogens (tertiary/aromatic N) is 1.